The fourth-order valence-electron chi connectivity index (χ4n) is 1.74. The summed E-state index contributed by atoms with van der Waals surface area (Å²) in [4.78, 5) is 23.1. The van der Waals surface area contributed by atoms with Gasteiger partial charge in [0.25, 0.3) is 0 Å². The van der Waals surface area contributed by atoms with Crippen molar-refractivity contribution in [3.05, 3.63) is 29.8 Å². The highest BCUT2D eigenvalue weighted by atomic mass is 16.5. The third-order valence-corrected chi connectivity index (χ3v) is 3.36. The van der Waals surface area contributed by atoms with Gasteiger partial charge in [0.15, 0.2) is 0 Å². The highest BCUT2D eigenvalue weighted by Crippen LogP contribution is 2.30. The Balaban J connectivity index is 1.81. The average Bonchev–Trinajstić information content (AvgIpc) is 3.30. The molecule has 1 aliphatic carbocycles. The SMILES string of the molecule is COC(C)C(=O)NCc1ccc(NC(=O)C2CC2)cc1. The highest BCUT2D eigenvalue weighted by molar-refractivity contribution is 5.94. The first kappa shape index (κ1) is 14.5. The maximum atomic E-state index is 11.6. The zero-order valence-electron chi connectivity index (χ0n) is 11.8. The van der Waals surface area contributed by atoms with Gasteiger partial charge in [0.2, 0.25) is 11.8 Å². The van der Waals surface area contributed by atoms with Crippen LogP contribution in [0.3, 0.4) is 0 Å². The molecule has 2 rings (SSSR count). The number of amides is 2. The number of benzene rings is 1. The van der Waals surface area contributed by atoms with Crippen LogP contribution >= 0.6 is 0 Å². The molecule has 0 radical (unpaired) electrons. The second-order valence-corrected chi connectivity index (χ2v) is 5.06. The minimum atomic E-state index is -0.452. The van der Waals surface area contributed by atoms with Gasteiger partial charge in [0.1, 0.15) is 6.10 Å². The van der Waals surface area contributed by atoms with E-state index in [1.165, 1.54) is 7.11 Å². The van der Waals surface area contributed by atoms with Crippen molar-refractivity contribution in [2.75, 3.05) is 12.4 Å². The first-order valence-corrected chi connectivity index (χ1v) is 6.80. The number of anilines is 1. The van der Waals surface area contributed by atoms with Gasteiger partial charge in [-0.2, -0.15) is 0 Å². The van der Waals surface area contributed by atoms with E-state index in [-0.39, 0.29) is 17.7 Å². The van der Waals surface area contributed by atoms with Crippen LogP contribution in [0.1, 0.15) is 25.3 Å². The Morgan fingerprint density at radius 2 is 1.95 bits per heavy atom. The zero-order chi connectivity index (χ0) is 14.5. The van der Waals surface area contributed by atoms with E-state index in [1.54, 1.807) is 6.92 Å². The molecular weight excluding hydrogens is 256 g/mol. The fraction of sp³-hybridized carbons (Fsp3) is 0.467. The summed E-state index contributed by atoms with van der Waals surface area (Å²) in [5.41, 5.74) is 1.77. The average molecular weight is 276 g/mol. The first-order chi connectivity index (χ1) is 9.60. The third kappa shape index (κ3) is 4.06. The molecule has 2 N–H and O–H groups in total. The number of hydrogen-bond donors (Lipinski definition) is 2. The summed E-state index contributed by atoms with van der Waals surface area (Å²) in [7, 11) is 1.50. The second kappa shape index (κ2) is 6.52. The van der Waals surface area contributed by atoms with Gasteiger partial charge in [-0.1, -0.05) is 12.1 Å². The van der Waals surface area contributed by atoms with Gasteiger partial charge in [-0.3, -0.25) is 9.59 Å². The summed E-state index contributed by atoms with van der Waals surface area (Å²) < 4.78 is 4.93. The van der Waals surface area contributed by atoms with E-state index in [4.69, 9.17) is 4.74 Å². The van der Waals surface area contributed by atoms with Gasteiger partial charge < -0.3 is 15.4 Å². The molecule has 0 heterocycles. The van der Waals surface area contributed by atoms with Crippen LogP contribution in [0.15, 0.2) is 24.3 Å². The summed E-state index contributed by atoms with van der Waals surface area (Å²) in [5, 5.41) is 5.66. The van der Waals surface area contributed by atoms with E-state index in [1.807, 2.05) is 24.3 Å². The van der Waals surface area contributed by atoms with E-state index in [0.29, 0.717) is 6.54 Å². The van der Waals surface area contributed by atoms with Crippen LogP contribution in [0.2, 0.25) is 0 Å². The van der Waals surface area contributed by atoms with E-state index in [0.717, 1.165) is 24.1 Å². The van der Waals surface area contributed by atoms with E-state index >= 15 is 0 Å². The summed E-state index contributed by atoms with van der Waals surface area (Å²) in [6.45, 7) is 2.15. The molecule has 5 nitrogen and oxygen atoms in total. The number of ether oxygens (including phenoxy) is 1. The fourth-order valence-corrected chi connectivity index (χ4v) is 1.74. The normalized spacial score (nSPS) is 15.5. The lowest BCUT2D eigenvalue weighted by atomic mass is 10.2. The van der Waals surface area contributed by atoms with Crippen LogP contribution in [0, 0.1) is 5.92 Å². The number of carbonyl (C=O) groups excluding carboxylic acids is 2. The smallest absolute Gasteiger partial charge is 0.249 e. The quantitative estimate of drug-likeness (QED) is 0.830. The standard InChI is InChI=1S/C15H20N2O3/c1-10(20-2)14(18)16-9-11-3-7-13(8-4-11)17-15(19)12-5-6-12/h3-4,7-8,10,12H,5-6,9H2,1-2H3,(H,16,18)(H,17,19). The molecule has 1 aromatic carbocycles. The van der Waals surface area contributed by atoms with Gasteiger partial charge in [0, 0.05) is 25.3 Å². The molecular formula is C15H20N2O3. The molecule has 1 fully saturated rings. The Labute approximate surface area is 118 Å². The van der Waals surface area contributed by atoms with Crippen LogP contribution in [0.4, 0.5) is 5.69 Å². The molecule has 0 aromatic heterocycles. The monoisotopic (exact) mass is 276 g/mol. The summed E-state index contributed by atoms with van der Waals surface area (Å²) in [6.07, 6.45) is 1.54. The van der Waals surface area contributed by atoms with Gasteiger partial charge >= 0.3 is 0 Å². The van der Waals surface area contributed by atoms with Crippen LogP contribution in [0.25, 0.3) is 0 Å². The van der Waals surface area contributed by atoms with E-state index in [2.05, 4.69) is 10.6 Å². The maximum Gasteiger partial charge on any atom is 0.249 e. The van der Waals surface area contributed by atoms with Crippen LogP contribution < -0.4 is 10.6 Å². The Morgan fingerprint density at radius 1 is 1.30 bits per heavy atom. The zero-order valence-corrected chi connectivity index (χ0v) is 11.8. The lowest BCUT2D eigenvalue weighted by Crippen LogP contribution is -2.33. The van der Waals surface area contributed by atoms with Crippen LogP contribution in [-0.2, 0) is 20.9 Å². The predicted octanol–water partition coefficient (Wildman–Crippen LogP) is 1.69. The topological polar surface area (TPSA) is 67.4 Å². The summed E-state index contributed by atoms with van der Waals surface area (Å²) >= 11 is 0. The Kier molecular flexibility index (Phi) is 4.74. The van der Waals surface area contributed by atoms with Crippen LogP contribution in [0.5, 0.6) is 0 Å². The lowest BCUT2D eigenvalue weighted by molar-refractivity contribution is -0.130. The van der Waals surface area contributed by atoms with Crippen LogP contribution in [-0.4, -0.2) is 25.0 Å². The Morgan fingerprint density at radius 3 is 2.50 bits per heavy atom. The van der Waals surface area contributed by atoms with Crippen molar-refractivity contribution in [2.24, 2.45) is 5.92 Å². The largest absolute Gasteiger partial charge is 0.372 e. The number of carbonyl (C=O) groups is 2. The molecule has 0 aliphatic heterocycles. The molecule has 0 spiro atoms. The van der Waals surface area contributed by atoms with Crippen molar-refractivity contribution in [2.45, 2.75) is 32.4 Å². The molecule has 1 aromatic rings. The van der Waals surface area contributed by atoms with Crippen molar-refractivity contribution in [1.29, 1.82) is 0 Å². The van der Waals surface area contributed by atoms with Gasteiger partial charge in [-0.05, 0) is 37.5 Å². The molecule has 0 bridgehead atoms. The van der Waals surface area contributed by atoms with Crippen molar-refractivity contribution in [3.63, 3.8) is 0 Å². The molecule has 1 unspecified atom stereocenters. The van der Waals surface area contributed by atoms with E-state index in [9.17, 15) is 9.59 Å². The lowest BCUT2D eigenvalue weighted by Gasteiger charge is -2.11. The molecule has 1 saturated carbocycles. The Hall–Kier alpha value is -1.88. The number of rotatable bonds is 6. The maximum absolute atomic E-state index is 11.6. The second-order valence-electron chi connectivity index (χ2n) is 5.06. The number of methoxy groups -OCH3 is 1. The van der Waals surface area contributed by atoms with Gasteiger partial charge in [-0.15, -0.1) is 0 Å². The minimum Gasteiger partial charge on any atom is -0.372 e. The molecule has 1 atom stereocenters. The van der Waals surface area contributed by atoms with Crippen molar-refractivity contribution in [1.82, 2.24) is 5.32 Å². The van der Waals surface area contributed by atoms with Gasteiger partial charge in [0.05, 0.1) is 0 Å². The summed E-state index contributed by atoms with van der Waals surface area (Å²) in [6, 6.07) is 7.48. The van der Waals surface area contributed by atoms with E-state index < -0.39 is 6.10 Å². The molecule has 0 saturated heterocycles. The van der Waals surface area contributed by atoms with Crippen molar-refractivity contribution >= 4 is 17.5 Å². The highest BCUT2D eigenvalue weighted by Gasteiger charge is 2.29. The number of hydrogen-bond acceptors (Lipinski definition) is 3. The third-order valence-electron chi connectivity index (χ3n) is 3.36. The molecule has 2 amide bonds. The molecule has 1 aliphatic rings. The Bertz CT molecular complexity index is 480. The molecule has 108 valence electrons. The van der Waals surface area contributed by atoms with Crippen molar-refractivity contribution in [3.8, 4) is 0 Å². The van der Waals surface area contributed by atoms with Gasteiger partial charge in [-0.25, -0.2) is 0 Å². The predicted molar refractivity (Wildman–Crippen MR) is 76.1 cm³/mol. The minimum absolute atomic E-state index is 0.0972. The first-order valence-electron chi connectivity index (χ1n) is 6.80. The molecule has 5 heteroatoms. The van der Waals surface area contributed by atoms with Crippen molar-refractivity contribution < 1.29 is 14.3 Å². The number of nitrogens with one attached hydrogen (secondary N) is 2. The molecule has 20 heavy (non-hydrogen) atoms. The summed E-state index contributed by atoms with van der Waals surface area (Å²) in [5.74, 6) is 0.156.